The summed E-state index contributed by atoms with van der Waals surface area (Å²) >= 11 is 2.40. The van der Waals surface area contributed by atoms with Gasteiger partial charge in [0.05, 0.1) is 4.05 Å². The maximum Gasteiger partial charge on any atom is 0.0802 e. The Hall–Kier alpha value is -0.350. The molecule has 0 saturated heterocycles. The molecule has 0 amide bonds. The lowest BCUT2D eigenvalue weighted by Crippen LogP contribution is -2.18. The molecule has 13 heavy (non-hydrogen) atoms. The molecule has 1 aromatic carbocycles. The Balaban J connectivity index is 2.59. The van der Waals surface area contributed by atoms with Crippen molar-refractivity contribution >= 4 is 28.7 Å². The van der Waals surface area contributed by atoms with Crippen LogP contribution in [0.4, 0.5) is 0 Å². The summed E-state index contributed by atoms with van der Waals surface area (Å²) in [7, 11) is 4.15. The zero-order valence-electron chi connectivity index (χ0n) is 7.94. The summed E-state index contributed by atoms with van der Waals surface area (Å²) in [5, 5.41) is 0. The Kier molecular flexibility index (Phi) is 4.45. The largest absolute Gasteiger partial charge is 0.295 e. The van der Waals surface area contributed by atoms with Crippen LogP contribution in [0.3, 0.4) is 0 Å². The van der Waals surface area contributed by atoms with Crippen molar-refractivity contribution < 1.29 is 0 Å². The van der Waals surface area contributed by atoms with E-state index in [0.717, 1.165) is 0 Å². The van der Waals surface area contributed by atoms with Gasteiger partial charge in [-0.2, -0.15) is 0 Å². The first-order valence-corrected chi connectivity index (χ1v) is 5.48. The molecule has 1 rings (SSSR count). The van der Waals surface area contributed by atoms with Crippen LogP contribution in [0.25, 0.3) is 6.08 Å². The summed E-state index contributed by atoms with van der Waals surface area (Å²) in [5.74, 6) is 0. The molecule has 1 unspecified atom stereocenters. The van der Waals surface area contributed by atoms with Crippen molar-refractivity contribution in [3.8, 4) is 0 Å². The Bertz CT molecular complexity index is 267. The second-order valence-corrected chi connectivity index (χ2v) is 4.38. The zero-order valence-corrected chi connectivity index (χ0v) is 10.1. The van der Waals surface area contributed by atoms with Crippen molar-refractivity contribution in [3.63, 3.8) is 0 Å². The van der Waals surface area contributed by atoms with E-state index in [1.54, 1.807) is 0 Å². The second kappa shape index (κ2) is 5.40. The van der Waals surface area contributed by atoms with Crippen molar-refractivity contribution in [2.45, 2.75) is 4.05 Å². The smallest absolute Gasteiger partial charge is 0.0802 e. The Morgan fingerprint density at radius 3 is 2.38 bits per heavy atom. The predicted octanol–water partition coefficient (Wildman–Crippen LogP) is 3.02. The molecule has 1 aromatic rings. The molecule has 0 aromatic heterocycles. The van der Waals surface area contributed by atoms with Gasteiger partial charge in [-0.15, -0.1) is 0 Å². The summed E-state index contributed by atoms with van der Waals surface area (Å²) in [6.07, 6.45) is 4.34. The van der Waals surface area contributed by atoms with Crippen molar-refractivity contribution in [2.75, 3.05) is 14.1 Å². The van der Waals surface area contributed by atoms with Crippen molar-refractivity contribution in [3.05, 3.63) is 42.0 Å². The second-order valence-electron chi connectivity index (χ2n) is 3.11. The third kappa shape index (κ3) is 3.91. The molecule has 0 fully saturated rings. The molecule has 0 bridgehead atoms. The lowest BCUT2D eigenvalue weighted by molar-refractivity contribution is 0.442. The third-order valence-corrected chi connectivity index (χ3v) is 3.27. The van der Waals surface area contributed by atoms with E-state index in [0.29, 0.717) is 4.05 Å². The van der Waals surface area contributed by atoms with Crippen LogP contribution in [0.15, 0.2) is 36.4 Å². The molecule has 70 valence electrons. The van der Waals surface area contributed by atoms with Crippen molar-refractivity contribution in [2.24, 2.45) is 0 Å². The van der Waals surface area contributed by atoms with E-state index in [1.165, 1.54) is 5.56 Å². The standard InChI is InChI=1S/C11H14IN/c1-13(2)11(12)9-8-10-6-4-3-5-7-10/h3-9,11H,1-2H3. The third-order valence-electron chi connectivity index (χ3n) is 1.74. The summed E-state index contributed by atoms with van der Waals surface area (Å²) in [5.41, 5.74) is 1.26. The summed E-state index contributed by atoms with van der Waals surface area (Å²) < 4.78 is 0.456. The molecule has 1 nitrogen and oxygen atoms in total. The van der Waals surface area contributed by atoms with Gasteiger partial charge in [0.25, 0.3) is 0 Å². The highest BCUT2D eigenvalue weighted by Gasteiger charge is 1.99. The van der Waals surface area contributed by atoms with Gasteiger partial charge in [-0.1, -0.05) is 65.1 Å². The number of alkyl halides is 1. The number of hydrogen-bond donors (Lipinski definition) is 0. The Labute approximate surface area is 93.6 Å². The topological polar surface area (TPSA) is 3.24 Å². The quantitative estimate of drug-likeness (QED) is 0.469. The van der Waals surface area contributed by atoms with Crippen LogP contribution in [0.5, 0.6) is 0 Å². The molecule has 0 aliphatic rings. The van der Waals surface area contributed by atoms with Gasteiger partial charge < -0.3 is 0 Å². The van der Waals surface area contributed by atoms with Gasteiger partial charge in [-0.25, -0.2) is 0 Å². The number of nitrogens with zero attached hydrogens (tertiary/aromatic N) is 1. The summed E-state index contributed by atoms with van der Waals surface area (Å²) in [6, 6.07) is 10.4. The number of rotatable bonds is 3. The maximum absolute atomic E-state index is 2.40. The average Bonchev–Trinajstić information content (AvgIpc) is 2.15. The van der Waals surface area contributed by atoms with Crippen LogP contribution < -0.4 is 0 Å². The van der Waals surface area contributed by atoms with Crippen molar-refractivity contribution in [1.82, 2.24) is 4.90 Å². The molecular weight excluding hydrogens is 273 g/mol. The Morgan fingerprint density at radius 1 is 1.23 bits per heavy atom. The van der Waals surface area contributed by atoms with Crippen LogP contribution in [0, 0.1) is 0 Å². The summed E-state index contributed by atoms with van der Waals surface area (Å²) in [6.45, 7) is 0. The lowest BCUT2D eigenvalue weighted by atomic mass is 10.2. The molecule has 0 radical (unpaired) electrons. The molecule has 0 N–H and O–H groups in total. The molecule has 0 heterocycles. The molecule has 2 heteroatoms. The van der Waals surface area contributed by atoms with E-state index < -0.39 is 0 Å². The zero-order chi connectivity index (χ0) is 9.68. The highest BCUT2D eigenvalue weighted by molar-refractivity contribution is 14.1. The molecule has 0 spiro atoms. The van der Waals surface area contributed by atoms with Crippen LogP contribution in [-0.2, 0) is 0 Å². The molecule has 0 saturated carbocycles. The minimum absolute atomic E-state index is 0.456. The van der Waals surface area contributed by atoms with E-state index in [9.17, 15) is 0 Å². The first kappa shape index (κ1) is 10.7. The fourth-order valence-corrected chi connectivity index (χ4v) is 1.13. The molecule has 0 aliphatic heterocycles. The highest BCUT2D eigenvalue weighted by atomic mass is 127. The number of hydrogen-bond acceptors (Lipinski definition) is 1. The monoisotopic (exact) mass is 287 g/mol. The van der Waals surface area contributed by atoms with Gasteiger partial charge in [0.2, 0.25) is 0 Å². The number of likely N-dealkylation sites (N-methyl/N-ethyl adjacent to an activating group) is 1. The predicted molar refractivity (Wildman–Crippen MR) is 67.0 cm³/mol. The molecular formula is C11H14IN. The van der Waals surface area contributed by atoms with Gasteiger partial charge in [-0.05, 0) is 19.7 Å². The first-order valence-electron chi connectivity index (χ1n) is 4.24. The molecule has 0 aliphatic carbocycles. The van der Waals surface area contributed by atoms with Crippen LogP contribution in [-0.4, -0.2) is 23.0 Å². The van der Waals surface area contributed by atoms with E-state index in [1.807, 2.05) is 6.07 Å². The highest BCUT2D eigenvalue weighted by Crippen LogP contribution is 2.08. The maximum atomic E-state index is 2.40. The van der Waals surface area contributed by atoms with Crippen LogP contribution in [0.2, 0.25) is 0 Å². The average molecular weight is 287 g/mol. The summed E-state index contributed by atoms with van der Waals surface area (Å²) in [4.78, 5) is 2.17. The first-order chi connectivity index (χ1) is 6.20. The number of benzene rings is 1. The van der Waals surface area contributed by atoms with Crippen molar-refractivity contribution in [1.29, 1.82) is 0 Å². The fourth-order valence-electron chi connectivity index (χ4n) is 0.927. The van der Waals surface area contributed by atoms with E-state index in [-0.39, 0.29) is 0 Å². The minimum atomic E-state index is 0.456. The fraction of sp³-hybridized carbons (Fsp3) is 0.273. The van der Waals surface area contributed by atoms with E-state index in [4.69, 9.17) is 0 Å². The lowest BCUT2D eigenvalue weighted by Gasteiger charge is -2.13. The molecule has 1 atom stereocenters. The van der Waals surface area contributed by atoms with Gasteiger partial charge in [0.1, 0.15) is 0 Å². The van der Waals surface area contributed by atoms with E-state index in [2.05, 4.69) is 78.0 Å². The normalized spacial score (nSPS) is 13.8. The van der Waals surface area contributed by atoms with Gasteiger partial charge in [0.15, 0.2) is 0 Å². The van der Waals surface area contributed by atoms with Crippen LogP contribution >= 0.6 is 22.6 Å². The van der Waals surface area contributed by atoms with E-state index >= 15 is 0 Å². The Morgan fingerprint density at radius 2 is 1.85 bits per heavy atom. The number of halogens is 1. The SMILES string of the molecule is CN(C)C(I)C=Cc1ccccc1. The van der Waals surface area contributed by atoms with Gasteiger partial charge in [0, 0.05) is 0 Å². The van der Waals surface area contributed by atoms with Gasteiger partial charge in [-0.3, -0.25) is 4.90 Å². The minimum Gasteiger partial charge on any atom is -0.295 e. The van der Waals surface area contributed by atoms with Crippen LogP contribution in [0.1, 0.15) is 5.56 Å². The van der Waals surface area contributed by atoms with Gasteiger partial charge >= 0.3 is 0 Å².